The number of carboxylic acids is 1. The lowest BCUT2D eigenvalue weighted by atomic mass is 10.1. The topological polar surface area (TPSA) is 83.0 Å². The second kappa shape index (κ2) is 6.38. The minimum absolute atomic E-state index is 0.290. The zero-order valence-electron chi connectivity index (χ0n) is 10.9. The van der Waals surface area contributed by atoms with E-state index in [0.29, 0.717) is 17.3 Å². The highest BCUT2D eigenvalue weighted by Crippen LogP contribution is 2.23. The molecule has 20 heavy (non-hydrogen) atoms. The van der Waals surface area contributed by atoms with E-state index in [1.54, 1.807) is 6.92 Å². The lowest BCUT2D eigenvalue weighted by Crippen LogP contribution is -2.17. The summed E-state index contributed by atoms with van der Waals surface area (Å²) < 4.78 is 0. The van der Waals surface area contributed by atoms with E-state index in [2.05, 4.69) is 9.97 Å². The molecule has 0 radical (unpaired) electrons. The molecule has 1 atom stereocenters. The van der Waals surface area contributed by atoms with Crippen molar-refractivity contribution in [2.45, 2.75) is 23.8 Å². The molecule has 2 N–H and O–H groups in total. The van der Waals surface area contributed by atoms with Crippen LogP contribution in [0, 0.1) is 0 Å². The van der Waals surface area contributed by atoms with Crippen molar-refractivity contribution >= 4 is 17.7 Å². The molecule has 0 saturated carbocycles. The fourth-order valence-corrected chi connectivity index (χ4v) is 2.54. The summed E-state index contributed by atoms with van der Waals surface area (Å²) >= 11 is 1.05. The first-order chi connectivity index (χ1) is 9.60. The van der Waals surface area contributed by atoms with Gasteiger partial charge in [-0.2, -0.15) is 0 Å². The van der Waals surface area contributed by atoms with E-state index in [4.69, 9.17) is 5.11 Å². The van der Waals surface area contributed by atoms with E-state index in [1.807, 2.05) is 30.3 Å². The molecule has 0 fully saturated rings. The lowest BCUT2D eigenvalue weighted by Gasteiger charge is -2.09. The summed E-state index contributed by atoms with van der Waals surface area (Å²) in [5.41, 5.74) is 1.07. The van der Waals surface area contributed by atoms with Gasteiger partial charge in [-0.25, -0.2) is 4.98 Å². The molecule has 6 heteroatoms. The summed E-state index contributed by atoms with van der Waals surface area (Å²) in [6.45, 7) is 1.78. The molecule has 2 aromatic rings. The molecular formula is C14H14N2O3S. The summed E-state index contributed by atoms with van der Waals surface area (Å²) in [6, 6.07) is 10.7. The third kappa shape index (κ3) is 3.48. The number of H-pyrrole nitrogens is 1. The van der Waals surface area contributed by atoms with Crippen molar-refractivity contribution in [2.75, 3.05) is 0 Å². The largest absolute Gasteiger partial charge is 0.480 e. The van der Waals surface area contributed by atoms with E-state index in [9.17, 15) is 9.59 Å². The van der Waals surface area contributed by atoms with Crippen molar-refractivity contribution < 1.29 is 9.90 Å². The van der Waals surface area contributed by atoms with E-state index in [0.717, 1.165) is 17.3 Å². The smallest absolute Gasteiger partial charge is 0.317 e. The third-order valence-corrected chi connectivity index (χ3v) is 3.93. The molecule has 1 heterocycles. The Bertz CT molecular complexity index is 655. The van der Waals surface area contributed by atoms with Gasteiger partial charge in [-0.15, -0.1) is 0 Å². The number of thioether (sulfide) groups is 1. The van der Waals surface area contributed by atoms with Crippen molar-refractivity contribution in [3.63, 3.8) is 0 Å². The molecule has 0 aliphatic rings. The highest BCUT2D eigenvalue weighted by atomic mass is 32.2. The normalized spacial score (nSPS) is 12.1. The summed E-state index contributed by atoms with van der Waals surface area (Å²) in [5, 5.41) is 8.75. The number of nitrogens with zero attached hydrogens (tertiary/aromatic N) is 1. The molecule has 0 saturated heterocycles. The van der Waals surface area contributed by atoms with Gasteiger partial charge in [0.2, 0.25) is 0 Å². The van der Waals surface area contributed by atoms with Crippen molar-refractivity contribution in [2.24, 2.45) is 0 Å². The fourth-order valence-electron chi connectivity index (χ4n) is 1.69. The minimum Gasteiger partial charge on any atom is -0.480 e. The SMILES string of the molecule is CC[C@@H](Sc1nc(-c2ccccc2)cc(=O)[nH]1)C(=O)O. The van der Waals surface area contributed by atoms with Crippen molar-refractivity contribution in [1.82, 2.24) is 9.97 Å². The van der Waals surface area contributed by atoms with Gasteiger partial charge in [0.1, 0.15) is 5.25 Å². The van der Waals surface area contributed by atoms with Gasteiger partial charge in [-0.1, -0.05) is 49.0 Å². The first-order valence-electron chi connectivity index (χ1n) is 6.16. The number of nitrogens with one attached hydrogen (secondary N) is 1. The average Bonchev–Trinajstić information content (AvgIpc) is 2.45. The van der Waals surface area contributed by atoms with Gasteiger partial charge in [0.05, 0.1) is 5.69 Å². The van der Waals surface area contributed by atoms with Crippen LogP contribution in [0.5, 0.6) is 0 Å². The van der Waals surface area contributed by atoms with Crippen molar-refractivity contribution in [3.05, 3.63) is 46.8 Å². The molecule has 0 amide bonds. The van der Waals surface area contributed by atoms with Gasteiger partial charge >= 0.3 is 5.97 Å². The molecule has 0 aliphatic heterocycles. The summed E-state index contributed by atoms with van der Waals surface area (Å²) in [4.78, 5) is 29.6. The van der Waals surface area contributed by atoms with Crippen LogP contribution in [0.25, 0.3) is 11.3 Å². The van der Waals surface area contributed by atoms with E-state index < -0.39 is 11.2 Å². The molecule has 0 bridgehead atoms. The van der Waals surface area contributed by atoms with Gasteiger partial charge in [-0.3, -0.25) is 9.59 Å². The first-order valence-corrected chi connectivity index (χ1v) is 7.04. The quantitative estimate of drug-likeness (QED) is 0.652. The van der Waals surface area contributed by atoms with Crippen LogP contribution >= 0.6 is 11.8 Å². The Kier molecular flexibility index (Phi) is 4.57. The molecule has 0 aliphatic carbocycles. The van der Waals surface area contributed by atoms with E-state index >= 15 is 0 Å². The second-order valence-corrected chi connectivity index (χ2v) is 5.35. The standard InChI is InChI=1S/C14H14N2O3S/c1-2-11(13(18)19)20-14-15-10(8-12(17)16-14)9-6-4-3-5-7-9/h3-8,11H,2H2,1H3,(H,18,19)(H,15,16,17)/t11-/m1/s1. The van der Waals surface area contributed by atoms with Crippen LogP contribution in [0.1, 0.15) is 13.3 Å². The van der Waals surface area contributed by atoms with Crippen LogP contribution in [0.4, 0.5) is 0 Å². The number of hydrogen-bond acceptors (Lipinski definition) is 4. The van der Waals surface area contributed by atoms with Crippen molar-refractivity contribution in [3.8, 4) is 11.3 Å². The maximum absolute atomic E-state index is 11.7. The van der Waals surface area contributed by atoms with Crippen LogP contribution in [-0.2, 0) is 4.79 Å². The molecule has 2 rings (SSSR count). The van der Waals surface area contributed by atoms with Crippen LogP contribution < -0.4 is 5.56 Å². The fraction of sp³-hybridized carbons (Fsp3) is 0.214. The van der Waals surface area contributed by atoms with E-state index in [1.165, 1.54) is 6.07 Å². The zero-order chi connectivity index (χ0) is 14.5. The molecule has 0 spiro atoms. The summed E-state index contributed by atoms with van der Waals surface area (Å²) in [5.74, 6) is -0.912. The van der Waals surface area contributed by atoms with Gasteiger partial charge in [0.25, 0.3) is 5.56 Å². The monoisotopic (exact) mass is 290 g/mol. The molecule has 104 valence electrons. The predicted octanol–water partition coefficient (Wildman–Crippen LogP) is 2.39. The number of carbonyl (C=O) groups is 1. The van der Waals surface area contributed by atoms with Crippen LogP contribution in [0.15, 0.2) is 46.3 Å². The Morgan fingerprint density at radius 2 is 2.10 bits per heavy atom. The van der Waals surface area contributed by atoms with Gasteiger partial charge in [-0.05, 0) is 6.42 Å². The Morgan fingerprint density at radius 1 is 1.40 bits per heavy atom. The number of aliphatic carboxylic acids is 1. The minimum atomic E-state index is -0.912. The number of aromatic amines is 1. The first kappa shape index (κ1) is 14.3. The molecule has 0 unspecified atom stereocenters. The number of benzene rings is 1. The van der Waals surface area contributed by atoms with Gasteiger partial charge < -0.3 is 10.1 Å². The number of aromatic nitrogens is 2. The second-order valence-electron chi connectivity index (χ2n) is 4.15. The maximum Gasteiger partial charge on any atom is 0.317 e. The predicted molar refractivity (Wildman–Crippen MR) is 77.9 cm³/mol. The van der Waals surface area contributed by atoms with Crippen LogP contribution in [0.2, 0.25) is 0 Å². The number of carboxylic acid groups (broad SMARTS) is 1. The maximum atomic E-state index is 11.7. The zero-order valence-corrected chi connectivity index (χ0v) is 11.7. The van der Waals surface area contributed by atoms with Crippen LogP contribution in [0.3, 0.4) is 0 Å². The van der Waals surface area contributed by atoms with Crippen LogP contribution in [-0.4, -0.2) is 26.3 Å². The summed E-state index contributed by atoms with van der Waals surface area (Å²) in [6.07, 6.45) is 0.458. The highest BCUT2D eigenvalue weighted by molar-refractivity contribution is 8.00. The van der Waals surface area contributed by atoms with E-state index in [-0.39, 0.29) is 5.56 Å². The Balaban J connectivity index is 2.34. The Morgan fingerprint density at radius 3 is 2.70 bits per heavy atom. The summed E-state index contributed by atoms with van der Waals surface area (Å²) in [7, 11) is 0. The molecule has 1 aromatic carbocycles. The highest BCUT2D eigenvalue weighted by Gasteiger charge is 2.18. The average molecular weight is 290 g/mol. The van der Waals surface area contributed by atoms with Gasteiger partial charge in [0, 0.05) is 11.6 Å². The third-order valence-electron chi connectivity index (χ3n) is 2.69. The molecule has 5 nitrogen and oxygen atoms in total. The van der Waals surface area contributed by atoms with Crippen molar-refractivity contribution in [1.29, 1.82) is 0 Å². The molecule has 1 aromatic heterocycles. The lowest BCUT2D eigenvalue weighted by molar-refractivity contribution is -0.136. The molecular weight excluding hydrogens is 276 g/mol. The van der Waals surface area contributed by atoms with Gasteiger partial charge in [0.15, 0.2) is 5.16 Å². The Labute approximate surface area is 120 Å². The Hall–Kier alpha value is -2.08. The number of hydrogen-bond donors (Lipinski definition) is 2. The number of rotatable bonds is 5.